The Labute approximate surface area is 153 Å². The first kappa shape index (κ1) is 17.0. The van der Waals surface area contributed by atoms with Crippen molar-refractivity contribution in [3.63, 3.8) is 0 Å². The third kappa shape index (κ3) is 2.74. The molecule has 3 aromatic rings. The quantitative estimate of drug-likeness (QED) is 0.541. The van der Waals surface area contributed by atoms with Crippen molar-refractivity contribution in [1.82, 2.24) is 0 Å². The van der Waals surface area contributed by atoms with Crippen LogP contribution in [-0.2, 0) is 10.1 Å². The topological polar surface area (TPSA) is 72.8 Å². The first-order chi connectivity index (χ1) is 10.8. The summed E-state index contributed by atoms with van der Waals surface area (Å²) in [7, 11) is -1.82. The summed E-state index contributed by atoms with van der Waals surface area (Å²) in [5, 5.41) is 3.21. The van der Waals surface area contributed by atoms with Crippen LogP contribution in [0.1, 0.15) is 0 Å². The van der Waals surface area contributed by atoms with Crippen LogP contribution in [0.5, 0.6) is 11.5 Å². The van der Waals surface area contributed by atoms with Crippen molar-refractivity contribution in [2.45, 2.75) is 4.90 Å². The van der Waals surface area contributed by atoms with E-state index in [1.165, 1.54) is 25.6 Å². The van der Waals surface area contributed by atoms with Crippen LogP contribution in [0.25, 0.3) is 21.5 Å². The van der Waals surface area contributed by atoms with Gasteiger partial charge in [0.1, 0.15) is 5.75 Å². The molecule has 2 aromatic carbocycles. The lowest BCUT2D eigenvalue weighted by Gasteiger charge is -2.14. The van der Waals surface area contributed by atoms with Crippen LogP contribution in [0, 0.1) is 0 Å². The van der Waals surface area contributed by atoms with Crippen molar-refractivity contribution >= 4 is 74.9 Å². The van der Waals surface area contributed by atoms with E-state index >= 15 is 0 Å². The summed E-state index contributed by atoms with van der Waals surface area (Å²) >= 11 is 8.52. The highest BCUT2D eigenvalue weighted by Crippen LogP contribution is 2.45. The number of hydrogen-bond donors (Lipinski definition) is 1. The largest absolute Gasteiger partial charge is 0.495 e. The molecule has 0 amide bonds. The van der Waals surface area contributed by atoms with Gasteiger partial charge in [-0.2, -0.15) is 8.42 Å². The number of halogens is 2. The SMILES string of the molecule is COc1cc2cc3c(Br)sc(Br)c3cc2c(OC)c1S(=O)(=O)O. The van der Waals surface area contributed by atoms with Gasteiger partial charge in [0.05, 0.1) is 21.8 Å². The molecule has 1 heterocycles. The Morgan fingerprint density at radius 2 is 1.61 bits per heavy atom. The highest BCUT2D eigenvalue weighted by Gasteiger charge is 2.26. The molecule has 0 atom stereocenters. The monoisotopic (exact) mass is 480 g/mol. The van der Waals surface area contributed by atoms with E-state index in [0.717, 1.165) is 23.7 Å². The van der Waals surface area contributed by atoms with E-state index in [1.807, 2.05) is 12.1 Å². The Balaban J connectivity index is 2.56. The average Bonchev–Trinajstić information content (AvgIpc) is 2.76. The number of methoxy groups -OCH3 is 2. The lowest BCUT2D eigenvalue weighted by Crippen LogP contribution is -2.05. The van der Waals surface area contributed by atoms with Gasteiger partial charge in [-0.05, 0) is 55.4 Å². The van der Waals surface area contributed by atoms with Crippen LogP contribution in [0.15, 0.2) is 30.7 Å². The second kappa shape index (κ2) is 5.89. The van der Waals surface area contributed by atoms with Crippen molar-refractivity contribution in [3.8, 4) is 11.5 Å². The normalized spacial score (nSPS) is 12.0. The van der Waals surface area contributed by atoms with Gasteiger partial charge >= 0.3 is 10.1 Å². The molecule has 0 fully saturated rings. The Morgan fingerprint density at radius 1 is 1.00 bits per heavy atom. The lowest BCUT2D eigenvalue weighted by atomic mass is 10.1. The summed E-state index contributed by atoms with van der Waals surface area (Å²) in [5.74, 6) is 0.0830. The van der Waals surface area contributed by atoms with Crippen molar-refractivity contribution in [2.24, 2.45) is 0 Å². The van der Waals surface area contributed by atoms with Gasteiger partial charge in [-0.25, -0.2) is 0 Å². The summed E-state index contributed by atoms with van der Waals surface area (Å²) in [4.78, 5) is -0.375. The molecule has 0 saturated heterocycles. The molecule has 0 unspecified atom stereocenters. The van der Waals surface area contributed by atoms with Crippen molar-refractivity contribution in [1.29, 1.82) is 0 Å². The maximum absolute atomic E-state index is 11.8. The summed E-state index contributed by atoms with van der Waals surface area (Å²) < 4.78 is 45.3. The van der Waals surface area contributed by atoms with Gasteiger partial charge in [0.15, 0.2) is 10.6 Å². The smallest absolute Gasteiger partial charge is 0.301 e. The number of thiophene rings is 1. The summed E-state index contributed by atoms with van der Waals surface area (Å²) in [6.07, 6.45) is 0. The van der Waals surface area contributed by atoms with E-state index < -0.39 is 10.1 Å². The molecule has 3 rings (SSSR count). The fourth-order valence-corrected chi connectivity index (χ4v) is 6.30. The molecule has 9 heteroatoms. The molecule has 0 radical (unpaired) electrons. The number of benzene rings is 2. The molecule has 0 aliphatic heterocycles. The van der Waals surface area contributed by atoms with Gasteiger partial charge in [-0.3, -0.25) is 4.55 Å². The molecule has 0 aliphatic rings. The van der Waals surface area contributed by atoms with Crippen LogP contribution >= 0.6 is 43.2 Å². The minimum Gasteiger partial charge on any atom is -0.495 e. The Hall–Kier alpha value is -0.870. The van der Waals surface area contributed by atoms with Gasteiger partial charge in [0, 0.05) is 16.2 Å². The third-order valence-electron chi connectivity index (χ3n) is 3.44. The minimum absolute atomic E-state index is 0.0293. The summed E-state index contributed by atoms with van der Waals surface area (Å²) in [5.41, 5.74) is 0. The highest BCUT2D eigenvalue weighted by atomic mass is 79.9. The summed E-state index contributed by atoms with van der Waals surface area (Å²) in [6.45, 7) is 0. The Bertz CT molecular complexity index is 1040. The second-order valence-corrected chi connectivity index (χ2v) is 9.70. The Morgan fingerprint density at radius 3 is 2.13 bits per heavy atom. The predicted octanol–water partition coefficient (Wildman–Crippen LogP) is 4.84. The Kier molecular flexibility index (Phi) is 4.35. The molecule has 0 saturated carbocycles. The van der Waals surface area contributed by atoms with Crippen molar-refractivity contribution in [2.75, 3.05) is 14.2 Å². The van der Waals surface area contributed by atoms with Crippen LogP contribution in [-0.4, -0.2) is 27.2 Å². The highest BCUT2D eigenvalue weighted by molar-refractivity contribution is 9.12. The molecular formula is C14H10Br2O5S2. The molecule has 0 spiro atoms. The molecule has 0 aliphatic carbocycles. The molecule has 5 nitrogen and oxygen atoms in total. The van der Waals surface area contributed by atoms with Gasteiger partial charge in [0.2, 0.25) is 0 Å². The first-order valence-corrected chi connectivity index (χ1v) is 10.1. The van der Waals surface area contributed by atoms with Gasteiger partial charge in [-0.1, -0.05) is 0 Å². The van der Waals surface area contributed by atoms with Gasteiger partial charge < -0.3 is 9.47 Å². The molecule has 122 valence electrons. The molecule has 1 aromatic heterocycles. The molecule has 23 heavy (non-hydrogen) atoms. The zero-order valence-corrected chi connectivity index (χ0v) is 16.7. The first-order valence-electron chi connectivity index (χ1n) is 6.21. The molecular weight excluding hydrogens is 472 g/mol. The lowest BCUT2D eigenvalue weighted by molar-refractivity contribution is 0.371. The number of hydrogen-bond acceptors (Lipinski definition) is 5. The van der Waals surface area contributed by atoms with Crippen LogP contribution in [0.3, 0.4) is 0 Å². The minimum atomic E-state index is -4.51. The fourth-order valence-electron chi connectivity index (χ4n) is 2.49. The standard InChI is InChI=1S/C14H10Br2O5S2/c1-20-10-4-6-3-8-9(14(16)22-13(8)15)5-7(6)11(21-2)12(10)23(17,18)19/h3-5H,1-2H3,(H,17,18,19). The maximum Gasteiger partial charge on any atom is 0.301 e. The van der Waals surface area contributed by atoms with E-state index in [2.05, 4.69) is 31.9 Å². The molecule has 1 N–H and O–H groups in total. The van der Waals surface area contributed by atoms with E-state index in [-0.39, 0.29) is 16.4 Å². The van der Waals surface area contributed by atoms with E-state index in [9.17, 15) is 13.0 Å². The van der Waals surface area contributed by atoms with Crippen molar-refractivity contribution in [3.05, 3.63) is 25.8 Å². The second-order valence-electron chi connectivity index (χ2n) is 4.68. The van der Waals surface area contributed by atoms with Crippen LogP contribution in [0.2, 0.25) is 0 Å². The fraction of sp³-hybridized carbons (Fsp3) is 0.143. The number of rotatable bonds is 3. The predicted molar refractivity (Wildman–Crippen MR) is 97.6 cm³/mol. The van der Waals surface area contributed by atoms with Crippen molar-refractivity contribution < 1.29 is 22.4 Å². The average molecular weight is 482 g/mol. The van der Waals surface area contributed by atoms with E-state index in [0.29, 0.717) is 5.39 Å². The molecule has 0 bridgehead atoms. The van der Waals surface area contributed by atoms with E-state index in [1.54, 1.807) is 6.07 Å². The summed E-state index contributed by atoms with van der Waals surface area (Å²) in [6, 6.07) is 5.30. The third-order valence-corrected chi connectivity index (χ3v) is 6.96. The maximum atomic E-state index is 11.8. The zero-order valence-electron chi connectivity index (χ0n) is 11.9. The number of fused-ring (bicyclic) bond motifs is 2. The van der Waals surface area contributed by atoms with Gasteiger partial charge in [0.25, 0.3) is 0 Å². The van der Waals surface area contributed by atoms with Gasteiger partial charge in [-0.15, -0.1) is 11.3 Å². The van der Waals surface area contributed by atoms with E-state index in [4.69, 9.17) is 9.47 Å². The number of ether oxygens (including phenoxy) is 2. The van der Waals surface area contributed by atoms with Crippen LogP contribution < -0.4 is 9.47 Å². The van der Waals surface area contributed by atoms with Crippen LogP contribution in [0.4, 0.5) is 0 Å². The zero-order chi connectivity index (χ0) is 16.9.